The average Bonchev–Trinajstić information content (AvgIpc) is 2.37. The number of hydrogen-bond acceptors (Lipinski definition) is 5. The molecule has 2 N–H and O–H groups in total. The van der Waals surface area contributed by atoms with Crippen LogP contribution in [0.2, 0.25) is 0 Å². The van der Waals surface area contributed by atoms with E-state index in [2.05, 4.69) is 15.5 Å². The Morgan fingerprint density at radius 3 is 2.92 bits per heavy atom. The average molecular weight is 171 g/mol. The molecule has 0 saturated heterocycles. The molecule has 12 heavy (non-hydrogen) atoms. The molecule has 0 fully saturated rings. The standard InChI is InChI=1S/C6H13N5O/c1-11-6(8-9-10-11)3-5(7)4-12-2/h5H,3-4,7H2,1-2H3. The van der Waals surface area contributed by atoms with E-state index in [1.54, 1.807) is 18.8 Å². The van der Waals surface area contributed by atoms with Crippen LogP contribution in [0.5, 0.6) is 0 Å². The summed E-state index contributed by atoms with van der Waals surface area (Å²) in [5, 5.41) is 11.0. The van der Waals surface area contributed by atoms with Gasteiger partial charge in [-0.15, -0.1) is 5.10 Å². The molecular weight excluding hydrogens is 158 g/mol. The predicted molar refractivity (Wildman–Crippen MR) is 42.4 cm³/mol. The van der Waals surface area contributed by atoms with E-state index in [4.69, 9.17) is 10.5 Å². The zero-order chi connectivity index (χ0) is 8.97. The molecule has 0 amide bonds. The van der Waals surface area contributed by atoms with Gasteiger partial charge in [0.1, 0.15) is 0 Å². The minimum Gasteiger partial charge on any atom is -0.383 e. The maximum Gasteiger partial charge on any atom is 0.152 e. The molecule has 6 heteroatoms. The van der Waals surface area contributed by atoms with E-state index in [-0.39, 0.29) is 6.04 Å². The van der Waals surface area contributed by atoms with Gasteiger partial charge in [-0.25, -0.2) is 4.68 Å². The van der Waals surface area contributed by atoms with Crippen LogP contribution in [0.25, 0.3) is 0 Å². The number of ether oxygens (including phenoxy) is 1. The van der Waals surface area contributed by atoms with E-state index in [9.17, 15) is 0 Å². The van der Waals surface area contributed by atoms with Gasteiger partial charge in [0.15, 0.2) is 5.82 Å². The van der Waals surface area contributed by atoms with E-state index in [1.165, 1.54) is 0 Å². The number of tetrazole rings is 1. The van der Waals surface area contributed by atoms with Crippen molar-refractivity contribution in [2.45, 2.75) is 12.5 Å². The lowest BCUT2D eigenvalue weighted by molar-refractivity contribution is 0.179. The summed E-state index contributed by atoms with van der Waals surface area (Å²) in [6.45, 7) is 0.521. The molecule has 0 aliphatic carbocycles. The van der Waals surface area contributed by atoms with Gasteiger partial charge in [-0.1, -0.05) is 0 Å². The summed E-state index contributed by atoms with van der Waals surface area (Å²) in [7, 11) is 3.41. The van der Waals surface area contributed by atoms with Gasteiger partial charge in [-0.05, 0) is 10.4 Å². The maximum absolute atomic E-state index is 5.71. The van der Waals surface area contributed by atoms with Crippen LogP contribution in [-0.4, -0.2) is 40.0 Å². The number of nitrogens with zero attached hydrogens (tertiary/aromatic N) is 4. The van der Waals surface area contributed by atoms with Gasteiger partial charge in [0.25, 0.3) is 0 Å². The molecule has 0 saturated carbocycles. The third-order valence-corrected chi connectivity index (χ3v) is 1.53. The summed E-state index contributed by atoms with van der Waals surface area (Å²) in [6.07, 6.45) is 0.636. The second kappa shape index (κ2) is 4.13. The third kappa shape index (κ3) is 2.24. The molecule has 0 radical (unpaired) electrons. The first kappa shape index (κ1) is 9.08. The summed E-state index contributed by atoms with van der Waals surface area (Å²) in [6, 6.07) is -0.0419. The molecular formula is C6H13N5O. The van der Waals surface area contributed by atoms with Crippen molar-refractivity contribution in [3.05, 3.63) is 5.82 Å². The van der Waals surface area contributed by atoms with Gasteiger partial charge < -0.3 is 10.5 Å². The molecule has 1 aromatic rings. The second-order valence-electron chi connectivity index (χ2n) is 2.64. The number of aryl methyl sites for hydroxylation is 1. The lowest BCUT2D eigenvalue weighted by Crippen LogP contribution is -2.29. The number of hydrogen-bond donors (Lipinski definition) is 1. The van der Waals surface area contributed by atoms with E-state index >= 15 is 0 Å². The molecule has 0 spiro atoms. The topological polar surface area (TPSA) is 78.8 Å². The predicted octanol–water partition coefficient (Wildman–Crippen LogP) is -1.27. The Morgan fingerprint density at radius 1 is 1.67 bits per heavy atom. The van der Waals surface area contributed by atoms with Gasteiger partial charge in [-0.2, -0.15) is 0 Å². The maximum atomic E-state index is 5.71. The van der Waals surface area contributed by atoms with Crippen LogP contribution in [0.4, 0.5) is 0 Å². The summed E-state index contributed by atoms with van der Waals surface area (Å²) < 4.78 is 6.50. The molecule has 0 aliphatic heterocycles. The van der Waals surface area contributed by atoms with E-state index in [0.717, 1.165) is 5.82 Å². The Balaban J connectivity index is 2.46. The van der Waals surface area contributed by atoms with Crippen molar-refractivity contribution in [1.82, 2.24) is 20.2 Å². The van der Waals surface area contributed by atoms with E-state index in [0.29, 0.717) is 13.0 Å². The van der Waals surface area contributed by atoms with Crippen LogP contribution in [0, 0.1) is 0 Å². The molecule has 0 bridgehead atoms. The van der Waals surface area contributed by atoms with E-state index in [1.807, 2.05) is 0 Å². The number of nitrogens with two attached hydrogens (primary N) is 1. The van der Waals surface area contributed by atoms with Crippen molar-refractivity contribution < 1.29 is 4.74 Å². The minimum atomic E-state index is -0.0419. The highest BCUT2D eigenvalue weighted by atomic mass is 16.5. The quantitative estimate of drug-likeness (QED) is 0.610. The molecule has 1 atom stereocenters. The van der Waals surface area contributed by atoms with Crippen LogP contribution in [-0.2, 0) is 18.2 Å². The summed E-state index contributed by atoms with van der Waals surface area (Å²) in [5.41, 5.74) is 5.71. The van der Waals surface area contributed by atoms with Crippen molar-refractivity contribution in [3.63, 3.8) is 0 Å². The van der Waals surface area contributed by atoms with Gasteiger partial charge in [0.2, 0.25) is 0 Å². The van der Waals surface area contributed by atoms with Gasteiger partial charge in [0.05, 0.1) is 6.61 Å². The highest BCUT2D eigenvalue weighted by molar-refractivity contribution is 4.84. The minimum absolute atomic E-state index is 0.0419. The van der Waals surface area contributed by atoms with Gasteiger partial charge >= 0.3 is 0 Å². The Hall–Kier alpha value is -1.01. The SMILES string of the molecule is COCC(N)Cc1nnnn1C. The largest absolute Gasteiger partial charge is 0.383 e. The zero-order valence-corrected chi connectivity index (χ0v) is 7.27. The second-order valence-corrected chi connectivity index (χ2v) is 2.64. The van der Waals surface area contributed by atoms with Crippen LogP contribution in [0.1, 0.15) is 5.82 Å². The van der Waals surface area contributed by atoms with Crippen molar-refractivity contribution in [2.24, 2.45) is 12.8 Å². The molecule has 1 rings (SSSR count). The van der Waals surface area contributed by atoms with Crippen molar-refractivity contribution in [2.75, 3.05) is 13.7 Å². The van der Waals surface area contributed by atoms with Crippen molar-refractivity contribution in [3.8, 4) is 0 Å². The number of methoxy groups -OCH3 is 1. The van der Waals surface area contributed by atoms with Crippen LogP contribution >= 0.6 is 0 Å². The Morgan fingerprint density at radius 2 is 2.42 bits per heavy atom. The lowest BCUT2D eigenvalue weighted by atomic mass is 10.2. The first-order valence-corrected chi connectivity index (χ1v) is 3.69. The highest BCUT2D eigenvalue weighted by Gasteiger charge is 2.08. The van der Waals surface area contributed by atoms with Gasteiger partial charge in [0, 0.05) is 26.6 Å². The first-order chi connectivity index (χ1) is 5.74. The Bertz CT molecular complexity index is 236. The van der Waals surface area contributed by atoms with Crippen LogP contribution in [0.15, 0.2) is 0 Å². The Kier molecular flexibility index (Phi) is 3.12. The fourth-order valence-electron chi connectivity index (χ4n) is 0.928. The van der Waals surface area contributed by atoms with E-state index < -0.39 is 0 Å². The monoisotopic (exact) mass is 171 g/mol. The fraction of sp³-hybridized carbons (Fsp3) is 0.833. The smallest absolute Gasteiger partial charge is 0.152 e. The zero-order valence-electron chi connectivity index (χ0n) is 7.27. The first-order valence-electron chi connectivity index (χ1n) is 3.69. The third-order valence-electron chi connectivity index (χ3n) is 1.53. The van der Waals surface area contributed by atoms with Crippen molar-refractivity contribution >= 4 is 0 Å². The van der Waals surface area contributed by atoms with Crippen LogP contribution < -0.4 is 5.73 Å². The molecule has 0 aromatic carbocycles. The Labute approximate surface area is 70.7 Å². The molecule has 0 aliphatic rings. The molecule has 1 heterocycles. The van der Waals surface area contributed by atoms with Crippen molar-refractivity contribution in [1.29, 1.82) is 0 Å². The highest BCUT2D eigenvalue weighted by Crippen LogP contribution is 1.94. The molecule has 1 unspecified atom stereocenters. The number of rotatable bonds is 4. The normalized spacial score (nSPS) is 13.2. The summed E-state index contributed by atoms with van der Waals surface area (Å²) in [5.74, 6) is 0.777. The fourth-order valence-corrected chi connectivity index (χ4v) is 0.928. The summed E-state index contributed by atoms with van der Waals surface area (Å²) >= 11 is 0. The lowest BCUT2D eigenvalue weighted by Gasteiger charge is -2.07. The molecule has 6 nitrogen and oxygen atoms in total. The molecule has 68 valence electrons. The molecule has 1 aromatic heterocycles. The summed E-state index contributed by atoms with van der Waals surface area (Å²) in [4.78, 5) is 0. The van der Waals surface area contributed by atoms with Crippen LogP contribution in [0.3, 0.4) is 0 Å². The van der Waals surface area contributed by atoms with Gasteiger partial charge in [-0.3, -0.25) is 0 Å². The number of aromatic nitrogens is 4.